The van der Waals surface area contributed by atoms with E-state index >= 15 is 0 Å². The van der Waals surface area contributed by atoms with Crippen LogP contribution in [-0.2, 0) is 0 Å². The zero-order valence-electron chi connectivity index (χ0n) is 7.85. The second-order valence-corrected chi connectivity index (χ2v) is 3.98. The Morgan fingerprint density at radius 3 is 2.56 bits per heavy atom. The predicted molar refractivity (Wildman–Crippen MR) is 58.7 cm³/mol. The number of hydrogen-bond acceptors (Lipinski definition) is 4. The van der Waals surface area contributed by atoms with Gasteiger partial charge in [0.2, 0.25) is 5.52 Å². The van der Waals surface area contributed by atoms with E-state index in [0.29, 0.717) is 13.9 Å². The molecule has 2 aromatic rings. The van der Waals surface area contributed by atoms with E-state index in [1.807, 2.05) is 0 Å². The summed E-state index contributed by atoms with van der Waals surface area (Å²) in [5, 5.41) is 32.1. The number of nitriles is 1. The van der Waals surface area contributed by atoms with E-state index in [1.165, 1.54) is 12.1 Å². The highest BCUT2D eigenvalue weighted by molar-refractivity contribution is 9.10. The highest BCUT2D eigenvalue weighted by atomic mass is 79.9. The lowest BCUT2D eigenvalue weighted by atomic mass is 10.3. The number of nitrogens with two attached hydrogens (primary N) is 1. The first-order valence-corrected chi connectivity index (χ1v) is 4.99. The van der Waals surface area contributed by atoms with Crippen LogP contribution >= 0.6 is 15.9 Å². The van der Waals surface area contributed by atoms with Gasteiger partial charge in [0, 0.05) is 10.5 Å². The summed E-state index contributed by atoms with van der Waals surface area (Å²) >= 11 is 3.18. The second kappa shape index (κ2) is 3.50. The molecule has 1 aromatic carbocycles. The minimum Gasteiger partial charge on any atom is -0.710 e. The number of rotatable bonds is 0. The summed E-state index contributed by atoms with van der Waals surface area (Å²) in [6.07, 6.45) is 0. The topological polar surface area (TPSA) is 104 Å². The Morgan fingerprint density at radius 1 is 1.25 bits per heavy atom. The molecule has 0 aliphatic rings. The second-order valence-electron chi connectivity index (χ2n) is 3.07. The predicted octanol–water partition coefficient (Wildman–Crippen LogP) is 0.323. The summed E-state index contributed by atoms with van der Waals surface area (Å²) in [4.78, 5) is 0. The molecule has 0 aliphatic carbocycles. The third-order valence-electron chi connectivity index (χ3n) is 2.15. The van der Waals surface area contributed by atoms with E-state index in [9.17, 15) is 10.4 Å². The van der Waals surface area contributed by atoms with Crippen molar-refractivity contribution in [2.24, 2.45) is 0 Å². The molecular formula is C9H5BrN4O2. The Balaban J connectivity index is 3.03. The molecule has 80 valence electrons. The van der Waals surface area contributed by atoms with E-state index in [0.717, 1.165) is 0 Å². The fourth-order valence-corrected chi connectivity index (χ4v) is 1.73. The van der Waals surface area contributed by atoms with Gasteiger partial charge in [-0.2, -0.15) is 5.26 Å². The maximum atomic E-state index is 11.7. The van der Waals surface area contributed by atoms with Crippen molar-refractivity contribution in [3.63, 3.8) is 0 Å². The fraction of sp³-hybridized carbons (Fsp3) is 0. The van der Waals surface area contributed by atoms with Crippen LogP contribution in [0.3, 0.4) is 0 Å². The smallest absolute Gasteiger partial charge is 0.385 e. The van der Waals surface area contributed by atoms with Crippen molar-refractivity contribution >= 4 is 32.8 Å². The van der Waals surface area contributed by atoms with Crippen molar-refractivity contribution in [1.29, 1.82) is 5.26 Å². The number of nitrogen functional groups attached to an aromatic ring is 1. The van der Waals surface area contributed by atoms with Crippen LogP contribution in [0.4, 0.5) is 5.82 Å². The first kappa shape index (κ1) is 10.4. The van der Waals surface area contributed by atoms with Crippen LogP contribution in [0.1, 0.15) is 5.69 Å². The highest BCUT2D eigenvalue weighted by Gasteiger charge is 2.23. The van der Waals surface area contributed by atoms with Gasteiger partial charge in [0.1, 0.15) is 0 Å². The molecule has 16 heavy (non-hydrogen) atoms. The van der Waals surface area contributed by atoms with Gasteiger partial charge in [-0.25, -0.2) is 4.73 Å². The molecule has 0 spiro atoms. The Kier molecular flexibility index (Phi) is 2.29. The van der Waals surface area contributed by atoms with Crippen LogP contribution in [0.15, 0.2) is 22.7 Å². The average Bonchev–Trinajstić information content (AvgIpc) is 2.27. The number of nitrogens with zero attached hydrogens (tertiary/aromatic N) is 3. The van der Waals surface area contributed by atoms with E-state index in [2.05, 4.69) is 15.9 Å². The molecule has 0 bridgehead atoms. The molecule has 7 heteroatoms. The normalized spacial score (nSPS) is 10.2. The molecule has 0 aliphatic heterocycles. The molecule has 0 amide bonds. The quantitative estimate of drug-likeness (QED) is 0.554. The van der Waals surface area contributed by atoms with Crippen LogP contribution in [-0.4, -0.2) is 0 Å². The van der Waals surface area contributed by atoms with Crippen LogP contribution in [0.25, 0.3) is 11.0 Å². The van der Waals surface area contributed by atoms with Crippen molar-refractivity contribution in [2.75, 3.05) is 5.73 Å². The van der Waals surface area contributed by atoms with Crippen LogP contribution < -0.4 is 15.2 Å². The molecule has 0 atom stereocenters. The van der Waals surface area contributed by atoms with Gasteiger partial charge in [0.15, 0.2) is 6.07 Å². The molecule has 0 unspecified atom stereocenters. The van der Waals surface area contributed by atoms with Gasteiger partial charge < -0.3 is 10.4 Å². The Bertz CT molecular complexity index is 636. The summed E-state index contributed by atoms with van der Waals surface area (Å²) in [6.45, 7) is 0. The molecule has 0 radical (unpaired) electrons. The number of fused-ring (bicyclic) bond motifs is 1. The minimum atomic E-state index is -0.402. The van der Waals surface area contributed by atoms with Gasteiger partial charge in [-0.15, -0.1) is 4.73 Å². The standard InChI is InChI=1S/C9H5BrN4O2/c10-5-1-2-6-7(3-5)13(15)8(4-11)9(12)14(6)16/h1-3H,12H2. The van der Waals surface area contributed by atoms with Crippen LogP contribution in [0.5, 0.6) is 0 Å². The van der Waals surface area contributed by atoms with Gasteiger partial charge in [-0.05, 0) is 12.1 Å². The maximum absolute atomic E-state index is 11.7. The van der Waals surface area contributed by atoms with Crippen molar-refractivity contribution in [3.8, 4) is 6.07 Å². The fourth-order valence-electron chi connectivity index (χ4n) is 1.38. The Hall–Kier alpha value is -2.07. The summed E-state index contributed by atoms with van der Waals surface area (Å²) in [5.74, 6) is -0.396. The van der Waals surface area contributed by atoms with Gasteiger partial charge in [-0.1, -0.05) is 15.9 Å². The summed E-state index contributed by atoms with van der Waals surface area (Å²) in [6, 6.07) is 6.13. The summed E-state index contributed by atoms with van der Waals surface area (Å²) in [5.41, 5.74) is 5.20. The van der Waals surface area contributed by atoms with E-state index < -0.39 is 11.5 Å². The molecule has 2 rings (SSSR count). The minimum absolute atomic E-state index is 0.0927. The van der Waals surface area contributed by atoms with Crippen LogP contribution in [0.2, 0.25) is 0 Å². The maximum Gasteiger partial charge on any atom is 0.385 e. The van der Waals surface area contributed by atoms with Gasteiger partial charge in [0.05, 0.1) is 0 Å². The number of aromatic nitrogens is 2. The molecule has 0 fully saturated rings. The zero-order chi connectivity index (χ0) is 11.9. The molecular weight excluding hydrogens is 276 g/mol. The molecule has 0 saturated heterocycles. The molecule has 2 N–H and O–H groups in total. The number of anilines is 1. The third-order valence-corrected chi connectivity index (χ3v) is 2.64. The molecule has 1 heterocycles. The first-order valence-electron chi connectivity index (χ1n) is 4.20. The number of halogens is 1. The van der Waals surface area contributed by atoms with Gasteiger partial charge >= 0.3 is 11.5 Å². The van der Waals surface area contributed by atoms with Crippen molar-refractivity contribution < 1.29 is 9.46 Å². The molecule has 6 nitrogen and oxygen atoms in total. The van der Waals surface area contributed by atoms with Crippen molar-refractivity contribution in [3.05, 3.63) is 38.8 Å². The number of hydrogen-bond donors (Lipinski definition) is 1. The van der Waals surface area contributed by atoms with Gasteiger partial charge in [0.25, 0.3) is 5.52 Å². The summed E-state index contributed by atoms with van der Waals surface area (Å²) in [7, 11) is 0. The molecule has 1 aromatic heterocycles. The Labute approximate surface area is 98.4 Å². The summed E-state index contributed by atoms with van der Waals surface area (Å²) < 4.78 is 1.36. The lowest BCUT2D eigenvalue weighted by Gasteiger charge is -2.10. The van der Waals surface area contributed by atoms with E-state index in [-0.39, 0.29) is 11.0 Å². The zero-order valence-corrected chi connectivity index (χ0v) is 9.43. The molecule has 0 saturated carbocycles. The SMILES string of the molecule is N#Cc1c(N)[n+]([O-])c2ccc(Br)cc2[n+]1[O-]. The van der Waals surface area contributed by atoms with Crippen molar-refractivity contribution in [1.82, 2.24) is 0 Å². The Morgan fingerprint density at radius 2 is 1.94 bits per heavy atom. The van der Waals surface area contributed by atoms with E-state index in [1.54, 1.807) is 12.1 Å². The monoisotopic (exact) mass is 280 g/mol. The van der Waals surface area contributed by atoms with Gasteiger partial charge in [-0.3, -0.25) is 5.73 Å². The van der Waals surface area contributed by atoms with Crippen LogP contribution in [0, 0.1) is 21.7 Å². The van der Waals surface area contributed by atoms with Crippen molar-refractivity contribution in [2.45, 2.75) is 0 Å². The average molecular weight is 281 g/mol. The van der Waals surface area contributed by atoms with E-state index in [4.69, 9.17) is 11.0 Å². The highest BCUT2D eigenvalue weighted by Crippen LogP contribution is 2.16. The third kappa shape index (κ3) is 1.31. The first-order chi connectivity index (χ1) is 7.56. The lowest BCUT2D eigenvalue weighted by molar-refractivity contribution is -0.620. The number of benzene rings is 1. The largest absolute Gasteiger partial charge is 0.710 e. The lowest BCUT2D eigenvalue weighted by Crippen LogP contribution is -2.43.